The van der Waals surface area contributed by atoms with Crippen LogP contribution in [-0.4, -0.2) is 44.5 Å². The molecule has 6 nitrogen and oxygen atoms in total. The highest BCUT2D eigenvalue weighted by Gasteiger charge is 2.24. The molecule has 0 bridgehead atoms. The Bertz CT molecular complexity index is 891. The molecule has 0 aliphatic rings. The van der Waals surface area contributed by atoms with Crippen molar-refractivity contribution in [2.45, 2.75) is 98.4 Å². The summed E-state index contributed by atoms with van der Waals surface area (Å²) >= 11 is 0. The molecule has 0 saturated heterocycles. The third-order valence-corrected chi connectivity index (χ3v) is 8.15. The summed E-state index contributed by atoms with van der Waals surface area (Å²) in [4.78, 5) is 16.4. The summed E-state index contributed by atoms with van der Waals surface area (Å²) in [6.07, 6.45) is 3.05. The van der Waals surface area contributed by atoms with Gasteiger partial charge in [-0.1, -0.05) is 102 Å². The minimum absolute atomic E-state index is 0.300. The molecule has 0 fully saturated rings. The van der Waals surface area contributed by atoms with Gasteiger partial charge < -0.3 is 24.7 Å². The topological polar surface area (TPSA) is 107 Å². The third-order valence-electron chi connectivity index (χ3n) is 6.81. The van der Waals surface area contributed by atoms with E-state index in [0.717, 1.165) is 24.8 Å². The predicted octanol–water partition coefficient (Wildman–Crippen LogP) is 7.16. The number of hydrogen-bond donors (Lipinski definition) is 4. The average Bonchev–Trinajstić information content (AvgIpc) is 2.83. The highest BCUT2D eigenvalue weighted by atomic mass is 31.2. The van der Waals surface area contributed by atoms with Gasteiger partial charge in [0.2, 0.25) is 0 Å². The van der Waals surface area contributed by atoms with E-state index in [9.17, 15) is 9.67 Å². The maximum atomic E-state index is 10.3. The molecule has 0 aliphatic heterocycles. The van der Waals surface area contributed by atoms with Gasteiger partial charge in [0.05, 0.1) is 17.4 Å². The highest BCUT2D eigenvalue weighted by Crippen LogP contribution is 2.40. The van der Waals surface area contributed by atoms with Crippen LogP contribution in [0.3, 0.4) is 0 Å². The molecular weight excluding hydrogens is 499 g/mol. The second kappa shape index (κ2) is 17.9. The number of aliphatic hydroxyl groups excluding tert-OH is 2. The van der Waals surface area contributed by atoms with Crippen molar-refractivity contribution >= 4 is 7.60 Å². The predicted molar refractivity (Wildman–Crippen MR) is 158 cm³/mol. The minimum Gasteiger partial charge on any atom is -0.396 e. The van der Waals surface area contributed by atoms with Crippen LogP contribution >= 0.6 is 7.60 Å². The number of aliphatic hydroxyl groups is 2. The molecule has 1 atom stereocenters. The number of ether oxygens (including phenoxy) is 1. The summed E-state index contributed by atoms with van der Waals surface area (Å²) in [7, 11) is -3.74. The van der Waals surface area contributed by atoms with Crippen LogP contribution in [-0.2, 0) is 15.7 Å². The summed E-state index contributed by atoms with van der Waals surface area (Å²) in [5.74, 6) is 0.657. The second-order valence-electron chi connectivity index (χ2n) is 11.6. The second-order valence-corrected chi connectivity index (χ2v) is 13.8. The van der Waals surface area contributed by atoms with Gasteiger partial charge in [0.15, 0.2) is 0 Å². The SMILES string of the molecule is CC(C)(CC(O)c1ccccc1)OCCCc1ccccc1.CC(C)C(C)(C)CCO.CC(C)P(=O)(O)O. The highest BCUT2D eigenvalue weighted by molar-refractivity contribution is 7.52. The van der Waals surface area contributed by atoms with E-state index in [1.54, 1.807) is 0 Å². The molecule has 2 rings (SSSR count). The molecule has 2 aromatic rings. The molecule has 38 heavy (non-hydrogen) atoms. The fourth-order valence-corrected chi connectivity index (χ4v) is 3.16. The smallest absolute Gasteiger partial charge is 0.328 e. The molecule has 0 heterocycles. The fourth-order valence-electron chi connectivity index (χ4n) is 3.16. The molecule has 2 aromatic carbocycles. The van der Waals surface area contributed by atoms with Gasteiger partial charge >= 0.3 is 7.60 Å². The van der Waals surface area contributed by atoms with Crippen molar-refractivity contribution in [2.24, 2.45) is 11.3 Å². The van der Waals surface area contributed by atoms with Crippen LogP contribution in [0.4, 0.5) is 0 Å². The van der Waals surface area contributed by atoms with E-state index < -0.39 is 19.4 Å². The van der Waals surface area contributed by atoms with E-state index in [1.807, 2.05) is 50.2 Å². The molecule has 4 N–H and O–H groups in total. The van der Waals surface area contributed by atoms with E-state index >= 15 is 0 Å². The summed E-state index contributed by atoms with van der Waals surface area (Å²) in [5, 5.41) is 19.0. The van der Waals surface area contributed by atoms with Gasteiger partial charge in [-0.15, -0.1) is 0 Å². The standard InChI is InChI=1S/C20H26O2.C8H18O.C3H9O3P/c1-20(2,16-19(21)18-13-7-4-8-14-18)22-15-9-12-17-10-5-3-6-11-17;1-7(2)8(3,4)5-6-9;1-3(2)7(4,5)6/h3-8,10-11,13-14,19,21H,9,12,15-16H2,1-2H3;7,9H,5-6H2,1-4H3;3H,1-2H3,(H2,4,5,6). The van der Waals surface area contributed by atoms with E-state index in [-0.39, 0.29) is 5.60 Å². The third kappa shape index (κ3) is 17.1. The lowest BCUT2D eigenvalue weighted by Gasteiger charge is -2.28. The fraction of sp³-hybridized carbons (Fsp3) is 0.613. The Hall–Kier alpha value is -1.53. The summed E-state index contributed by atoms with van der Waals surface area (Å²) in [6.45, 7) is 16.8. The zero-order valence-corrected chi connectivity index (χ0v) is 25.7. The number of rotatable bonds is 12. The van der Waals surface area contributed by atoms with Crippen molar-refractivity contribution in [1.82, 2.24) is 0 Å². The molecule has 0 amide bonds. The lowest BCUT2D eigenvalue weighted by molar-refractivity contribution is -0.0505. The Morgan fingerprint density at radius 1 is 0.868 bits per heavy atom. The van der Waals surface area contributed by atoms with Crippen molar-refractivity contribution in [1.29, 1.82) is 0 Å². The zero-order valence-electron chi connectivity index (χ0n) is 24.8. The maximum Gasteiger partial charge on any atom is 0.328 e. The minimum atomic E-state index is -3.74. The van der Waals surface area contributed by atoms with Crippen molar-refractivity contribution in [2.75, 3.05) is 13.2 Å². The summed E-state index contributed by atoms with van der Waals surface area (Å²) in [5.41, 5.74) is 1.73. The Labute approximate surface area is 231 Å². The largest absolute Gasteiger partial charge is 0.396 e. The number of benzene rings is 2. The van der Waals surface area contributed by atoms with E-state index in [4.69, 9.17) is 19.6 Å². The molecule has 0 aromatic heterocycles. The first-order chi connectivity index (χ1) is 17.5. The van der Waals surface area contributed by atoms with Crippen LogP contribution in [0.25, 0.3) is 0 Å². The summed E-state index contributed by atoms with van der Waals surface area (Å²) in [6, 6.07) is 20.2. The quantitative estimate of drug-likeness (QED) is 0.164. The molecule has 0 radical (unpaired) electrons. The first kappa shape index (κ1) is 36.5. The van der Waals surface area contributed by atoms with Gasteiger partial charge in [0.1, 0.15) is 0 Å². The lowest BCUT2D eigenvalue weighted by atomic mass is 9.79. The van der Waals surface area contributed by atoms with Crippen LogP contribution in [0.2, 0.25) is 0 Å². The van der Waals surface area contributed by atoms with Crippen LogP contribution in [0.15, 0.2) is 60.7 Å². The van der Waals surface area contributed by atoms with E-state index in [1.165, 1.54) is 19.4 Å². The molecule has 218 valence electrons. The molecule has 0 saturated carbocycles. The maximum absolute atomic E-state index is 10.3. The Balaban J connectivity index is 0.000000706. The average molecular weight is 553 g/mol. The number of hydrogen-bond acceptors (Lipinski definition) is 4. The summed E-state index contributed by atoms with van der Waals surface area (Å²) < 4.78 is 16.0. The first-order valence-electron chi connectivity index (χ1n) is 13.6. The van der Waals surface area contributed by atoms with Gasteiger partial charge in [-0.3, -0.25) is 4.57 Å². The molecule has 1 unspecified atom stereocenters. The van der Waals surface area contributed by atoms with Gasteiger partial charge in [0, 0.05) is 19.6 Å². The van der Waals surface area contributed by atoms with Crippen molar-refractivity contribution < 1.29 is 29.3 Å². The molecule has 0 spiro atoms. The number of aryl methyl sites for hydroxylation is 1. The van der Waals surface area contributed by atoms with Crippen LogP contribution in [0.1, 0.15) is 91.9 Å². The monoisotopic (exact) mass is 552 g/mol. The Morgan fingerprint density at radius 2 is 1.34 bits per heavy atom. The van der Waals surface area contributed by atoms with Crippen molar-refractivity contribution in [3.8, 4) is 0 Å². The molecule has 0 aliphatic carbocycles. The van der Waals surface area contributed by atoms with Gasteiger partial charge in [0.25, 0.3) is 0 Å². The van der Waals surface area contributed by atoms with Crippen molar-refractivity contribution in [3.63, 3.8) is 0 Å². The Kier molecular flexibility index (Phi) is 17.2. The van der Waals surface area contributed by atoms with Crippen molar-refractivity contribution in [3.05, 3.63) is 71.8 Å². The lowest BCUT2D eigenvalue weighted by Crippen LogP contribution is -2.27. The molecule has 7 heteroatoms. The van der Waals surface area contributed by atoms with Gasteiger partial charge in [-0.05, 0) is 55.6 Å². The first-order valence-corrected chi connectivity index (χ1v) is 15.3. The normalized spacial score (nSPS) is 12.9. The van der Waals surface area contributed by atoms with Crippen LogP contribution in [0.5, 0.6) is 0 Å². The zero-order chi connectivity index (χ0) is 29.4. The van der Waals surface area contributed by atoms with Crippen LogP contribution in [0, 0.1) is 11.3 Å². The van der Waals surface area contributed by atoms with Gasteiger partial charge in [-0.25, -0.2) is 0 Å². The van der Waals surface area contributed by atoms with Crippen LogP contribution < -0.4 is 0 Å². The van der Waals surface area contributed by atoms with E-state index in [2.05, 4.69) is 52.0 Å². The molecular formula is C31H53O6P. The van der Waals surface area contributed by atoms with E-state index in [0.29, 0.717) is 31.0 Å². The van der Waals surface area contributed by atoms with Gasteiger partial charge in [-0.2, -0.15) is 0 Å². The Morgan fingerprint density at radius 3 is 1.74 bits per heavy atom.